The molecule has 3 heterocycles. The van der Waals surface area contributed by atoms with E-state index in [2.05, 4.69) is 15.6 Å². The van der Waals surface area contributed by atoms with Crippen LogP contribution in [0.15, 0.2) is 23.4 Å². The molecule has 3 N–H and O–H groups in total. The average molecular weight is 444 g/mol. The lowest BCUT2D eigenvalue weighted by atomic mass is 10.0. The summed E-state index contributed by atoms with van der Waals surface area (Å²) in [5, 5.41) is 6.20. The number of fused-ring (bicyclic) bond motifs is 1. The Labute approximate surface area is 172 Å². The summed E-state index contributed by atoms with van der Waals surface area (Å²) in [6, 6.07) is 1.69. The Bertz CT molecular complexity index is 907. The fourth-order valence-corrected chi connectivity index (χ4v) is 4.94. The molecule has 11 nitrogen and oxygen atoms in total. The van der Waals surface area contributed by atoms with Crippen LogP contribution in [0, 0.1) is 0 Å². The lowest BCUT2D eigenvalue weighted by Gasteiger charge is -2.42. The van der Waals surface area contributed by atoms with Crippen molar-refractivity contribution in [3.05, 3.63) is 23.9 Å². The molecule has 0 aliphatic carbocycles. The highest BCUT2D eigenvalue weighted by Crippen LogP contribution is 2.36. The molecule has 2 fully saturated rings. The highest BCUT2D eigenvalue weighted by atomic mass is 32.2. The number of likely N-dealkylation sites (tertiary alicyclic amines) is 1. The van der Waals surface area contributed by atoms with E-state index in [1.165, 1.54) is 11.1 Å². The maximum absolute atomic E-state index is 12.5. The molecule has 3 amide bonds. The van der Waals surface area contributed by atoms with Gasteiger partial charge in [0, 0.05) is 25.8 Å². The largest absolute Gasteiger partial charge is 0.362 e. The van der Waals surface area contributed by atoms with Gasteiger partial charge in [0.2, 0.25) is 5.91 Å². The summed E-state index contributed by atoms with van der Waals surface area (Å²) in [5.74, 6) is -1.33. The highest BCUT2D eigenvalue weighted by molar-refractivity contribution is 7.99. The molecule has 2 saturated heterocycles. The number of carbonyl (C=O) groups is 3. The van der Waals surface area contributed by atoms with Crippen LogP contribution in [0.25, 0.3) is 0 Å². The van der Waals surface area contributed by atoms with E-state index in [4.69, 9.17) is 4.55 Å². The zero-order valence-electron chi connectivity index (χ0n) is 15.6. The van der Waals surface area contributed by atoms with Crippen LogP contribution in [0.5, 0.6) is 0 Å². The third kappa shape index (κ3) is 4.52. The monoisotopic (exact) mass is 443 g/mol. The van der Waals surface area contributed by atoms with Crippen LogP contribution in [0.4, 0.5) is 0 Å². The molecule has 2 atom stereocenters. The van der Waals surface area contributed by atoms with Gasteiger partial charge in [0.15, 0.2) is 0 Å². The van der Waals surface area contributed by atoms with Crippen molar-refractivity contribution in [1.29, 1.82) is 0 Å². The standard InChI is InChI=1S/C16H21N5O6S2/c1-17-5-6-18-15(23)10-2-3-12(19-8-10)28-9-13(22)20-7-4-11-14(20)16(24)21(11)29(25,26)27/h2-3,8,11,14,17H,4-7,9H2,1H3,(H,18,23)(H,25,26,27)/t11-,14+/m1/s1. The minimum Gasteiger partial charge on any atom is -0.351 e. The summed E-state index contributed by atoms with van der Waals surface area (Å²) >= 11 is 1.16. The predicted octanol–water partition coefficient (Wildman–Crippen LogP) is -1.26. The third-order valence-corrected chi connectivity index (χ3v) is 6.59. The van der Waals surface area contributed by atoms with E-state index < -0.39 is 28.3 Å². The SMILES string of the molecule is CNCCNC(=O)c1ccc(SCC(=O)N2CC[C@@H]3[C@H]2C(=O)N3S(=O)(=O)O)nc1. The average Bonchev–Trinajstić information content (AvgIpc) is 3.04. The van der Waals surface area contributed by atoms with Gasteiger partial charge in [-0.25, -0.2) is 9.29 Å². The van der Waals surface area contributed by atoms with Gasteiger partial charge in [-0.2, -0.15) is 8.42 Å². The van der Waals surface area contributed by atoms with Crippen molar-refractivity contribution in [3.8, 4) is 0 Å². The van der Waals surface area contributed by atoms with E-state index in [0.29, 0.717) is 34.4 Å². The first-order valence-electron chi connectivity index (χ1n) is 8.86. The maximum Gasteiger partial charge on any atom is 0.362 e. The minimum absolute atomic E-state index is 0.0170. The Kier molecular flexibility index (Phi) is 6.41. The summed E-state index contributed by atoms with van der Waals surface area (Å²) in [4.78, 5) is 41.9. The first kappa shape index (κ1) is 21.5. The van der Waals surface area contributed by atoms with Crippen LogP contribution >= 0.6 is 11.8 Å². The Balaban J connectivity index is 1.51. The quantitative estimate of drug-likeness (QED) is 0.194. The topological polar surface area (TPSA) is 149 Å². The van der Waals surface area contributed by atoms with Crippen LogP contribution in [0.2, 0.25) is 0 Å². The number of β-lactam (4-membered cyclic amide) rings is 1. The predicted molar refractivity (Wildman–Crippen MR) is 104 cm³/mol. The molecule has 2 aliphatic heterocycles. The smallest absolute Gasteiger partial charge is 0.351 e. The molecule has 13 heteroatoms. The summed E-state index contributed by atoms with van der Waals surface area (Å²) in [6.07, 6.45) is 1.72. The molecule has 0 spiro atoms. The van der Waals surface area contributed by atoms with Gasteiger partial charge in [0.25, 0.3) is 11.8 Å². The first-order chi connectivity index (χ1) is 13.7. The van der Waals surface area contributed by atoms with Gasteiger partial charge >= 0.3 is 10.3 Å². The number of pyridine rings is 1. The summed E-state index contributed by atoms with van der Waals surface area (Å²) in [6.45, 7) is 1.38. The van der Waals surface area contributed by atoms with E-state index in [9.17, 15) is 22.8 Å². The number of hydrogen-bond donors (Lipinski definition) is 3. The number of aromatic nitrogens is 1. The Morgan fingerprint density at radius 2 is 2.10 bits per heavy atom. The number of hydrogen-bond acceptors (Lipinski definition) is 8. The van der Waals surface area contributed by atoms with E-state index in [0.717, 1.165) is 11.8 Å². The second-order valence-electron chi connectivity index (χ2n) is 6.53. The Hall–Kier alpha value is -2.22. The summed E-state index contributed by atoms with van der Waals surface area (Å²) in [7, 11) is -2.81. The van der Waals surface area contributed by atoms with E-state index in [1.807, 2.05) is 0 Å². The molecule has 1 aromatic rings. The van der Waals surface area contributed by atoms with Crippen LogP contribution in [-0.4, -0.2) is 89.4 Å². The van der Waals surface area contributed by atoms with Crippen molar-refractivity contribution in [2.45, 2.75) is 23.5 Å². The van der Waals surface area contributed by atoms with Gasteiger partial charge in [-0.05, 0) is 25.6 Å². The number of carbonyl (C=O) groups excluding carboxylic acids is 3. The van der Waals surface area contributed by atoms with Crippen LogP contribution in [0.1, 0.15) is 16.8 Å². The van der Waals surface area contributed by atoms with Gasteiger partial charge < -0.3 is 15.5 Å². The summed E-state index contributed by atoms with van der Waals surface area (Å²) < 4.78 is 31.9. The van der Waals surface area contributed by atoms with Crippen molar-refractivity contribution < 1.29 is 27.4 Å². The molecule has 0 aromatic carbocycles. The molecule has 1 aromatic heterocycles. The number of likely N-dealkylation sites (N-methyl/N-ethyl adjacent to an activating group) is 1. The van der Waals surface area contributed by atoms with Crippen molar-refractivity contribution in [2.75, 3.05) is 32.4 Å². The van der Waals surface area contributed by atoms with Crippen molar-refractivity contribution in [1.82, 2.24) is 24.8 Å². The fourth-order valence-electron chi connectivity index (χ4n) is 3.32. The minimum atomic E-state index is -4.60. The van der Waals surface area contributed by atoms with Crippen molar-refractivity contribution in [3.63, 3.8) is 0 Å². The number of amides is 3. The van der Waals surface area contributed by atoms with Gasteiger partial charge in [-0.15, -0.1) is 0 Å². The number of thioether (sulfide) groups is 1. The lowest BCUT2D eigenvalue weighted by molar-refractivity contribution is -0.150. The Morgan fingerprint density at radius 1 is 1.34 bits per heavy atom. The first-order valence-corrected chi connectivity index (χ1v) is 11.2. The second kappa shape index (κ2) is 8.65. The molecule has 158 valence electrons. The van der Waals surface area contributed by atoms with Crippen LogP contribution in [0.3, 0.4) is 0 Å². The van der Waals surface area contributed by atoms with Crippen LogP contribution < -0.4 is 10.6 Å². The molecule has 3 rings (SSSR count). The van der Waals surface area contributed by atoms with Crippen molar-refractivity contribution >= 4 is 39.8 Å². The van der Waals surface area contributed by atoms with E-state index in [1.54, 1.807) is 19.2 Å². The Morgan fingerprint density at radius 3 is 2.72 bits per heavy atom. The fraction of sp³-hybridized carbons (Fsp3) is 0.500. The maximum atomic E-state index is 12.5. The molecule has 2 aliphatic rings. The van der Waals surface area contributed by atoms with Gasteiger partial charge in [-0.1, -0.05) is 11.8 Å². The zero-order chi connectivity index (χ0) is 21.2. The molecule has 0 unspecified atom stereocenters. The molecule has 29 heavy (non-hydrogen) atoms. The molecule has 0 bridgehead atoms. The zero-order valence-corrected chi connectivity index (χ0v) is 17.2. The molecule has 0 radical (unpaired) electrons. The molecular weight excluding hydrogens is 422 g/mol. The van der Waals surface area contributed by atoms with E-state index >= 15 is 0 Å². The van der Waals surface area contributed by atoms with Gasteiger partial charge in [0.1, 0.15) is 6.04 Å². The van der Waals surface area contributed by atoms with Gasteiger partial charge in [0.05, 0.1) is 22.4 Å². The number of nitrogens with one attached hydrogen (secondary N) is 2. The third-order valence-electron chi connectivity index (χ3n) is 4.71. The normalized spacial score (nSPS) is 21.0. The van der Waals surface area contributed by atoms with Gasteiger partial charge in [-0.3, -0.25) is 18.9 Å². The molecular formula is C16H21N5O6S2. The number of rotatable bonds is 8. The van der Waals surface area contributed by atoms with E-state index in [-0.39, 0.29) is 24.1 Å². The lowest BCUT2D eigenvalue weighted by Crippen LogP contribution is -2.68. The second-order valence-corrected chi connectivity index (χ2v) is 8.82. The van der Waals surface area contributed by atoms with Crippen molar-refractivity contribution in [2.24, 2.45) is 0 Å². The molecule has 0 saturated carbocycles. The summed E-state index contributed by atoms with van der Waals surface area (Å²) in [5.41, 5.74) is 0.407. The number of nitrogens with zero attached hydrogens (tertiary/aromatic N) is 3. The highest BCUT2D eigenvalue weighted by Gasteiger charge is 2.59. The van der Waals surface area contributed by atoms with Crippen LogP contribution in [-0.2, 0) is 19.9 Å².